The summed E-state index contributed by atoms with van der Waals surface area (Å²) in [5, 5.41) is 0. The van der Waals surface area contributed by atoms with Gasteiger partial charge in [0.1, 0.15) is 17.7 Å². The van der Waals surface area contributed by atoms with E-state index in [-0.39, 0.29) is 18.3 Å². The first-order chi connectivity index (χ1) is 15.1. The van der Waals surface area contributed by atoms with E-state index in [1.807, 2.05) is 31.9 Å². The average molecular weight is 450 g/mol. The van der Waals surface area contributed by atoms with Gasteiger partial charge >= 0.3 is 6.18 Å². The second-order valence-corrected chi connectivity index (χ2v) is 7.92. The minimum absolute atomic E-state index is 0.278. The Morgan fingerprint density at radius 3 is 2.38 bits per heavy atom. The summed E-state index contributed by atoms with van der Waals surface area (Å²) in [6, 6.07) is 5.82. The van der Waals surface area contributed by atoms with Gasteiger partial charge in [0, 0.05) is 20.0 Å². The van der Waals surface area contributed by atoms with Crippen LogP contribution in [0.2, 0.25) is 0 Å². The van der Waals surface area contributed by atoms with E-state index in [1.54, 1.807) is 38.1 Å². The van der Waals surface area contributed by atoms with Gasteiger partial charge in [0.05, 0.1) is 11.3 Å². The van der Waals surface area contributed by atoms with Crippen molar-refractivity contribution in [1.82, 2.24) is 4.90 Å². The fourth-order valence-electron chi connectivity index (χ4n) is 3.54. The number of hydrogen-bond donors (Lipinski definition) is 0. The van der Waals surface area contributed by atoms with Gasteiger partial charge in [-0.2, -0.15) is 13.2 Å². The summed E-state index contributed by atoms with van der Waals surface area (Å²) < 4.78 is 60.0. The summed E-state index contributed by atoms with van der Waals surface area (Å²) in [6.45, 7) is 7.97. The highest BCUT2D eigenvalue weighted by molar-refractivity contribution is 5.53. The third-order valence-corrected chi connectivity index (χ3v) is 5.14. The fraction of sp³-hybridized carbons (Fsp3) is 0.385. The molecule has 0 aromatic heterocycles. The Kier molecular flexibility index (Phi) is 8.93. The van der Waals surface area contributed by atoms with Crippen LogP contribution in [0.4, 0.5) is 17.6 Å². The first-order valence-corrected chi connectivity index (χ1v) is 10.7. The first kappa shape index (κ1) is 25.5. The van der Waals surface area contributed by atoms with Crippen molar-refractivity contribution in [3.8, 4) is 5.75 Å². The minimum atomic E-state index is -4.43. The number of likely N-dealkylation sites (tertiary alicyclic amines) is 1. The van der Waals surface area contributed by atoms with Crippen LogP contribution in [0.3, 0.4) is 0 Å². The molecule has 1 aromatic carbocycles. The van der Waals surface area contributed by atoms with Gasteiger partial charge < -0.3 is 9.64 Å². The number of alkyl halides is 3. The van der Waals surface area contributed by atoms with E-state index >= 15 is 0 Å². The smallest absolute Gasteiger partial charge is 0.416 e. The van der Waals surface area contributed by atoms with Gasteiger partial charge in [-0.15, -0.1) is 0 Å². The molecule has 6 heteroatoms. The van der Waals surface area contributed by atoms with Crippen LogP contribution in [0.5, 0.6) is 5.75 Å². The molecule has 1 heterocycles. The van der Waals surface area contributed by atoms with E-state index in [2.05, 4.69) is 0 Å². The molecule has 1 unspecified atom stereocenters. The number of allylic oxidation sites excluding steroid dienone is 9. The summed E-state index contributed by atoms with van der Waals surface area (Å²) in [5.41, 5.74) is 2.29. The zero-order chi connectivity index (χ0) is 23.9. The predicted molar refractivity (Wildman–Crippen MR) is 122 cm³/mol. The highest BCUT2D eigenvalue weighted by atomic mass is 19.4. The monoisotopic (exact) mass is 449 g/mol. The van der Waals surface area contributed by atoms with Crippen molar-refractivity contribution >= 4 is 0 Å². The maximum absolute atomic E-state index is 13.5. The SMILES string of the molecule is C\C=C/C(=C\C(=C\CC)C(F)(F)F)C(/C=C1/C(Oc2ccc(F)cc2)CCN1C)=C(C)C. The van der Waals surface area contributed by atoms with Crippen LogP contribution in [0.1, 0.15) is 40.5 Å². The summed E-state index contributed by atoms with van der Waals surface area (Å²) in [7, 11) is 1.93. The van der Waals surface area contributed by atoms with E-state index in [0.29, 0.717) is 16.9 Å². The molecule has 1 saturated heterocycles. The number of halogens is 4. The van der Waals surface area contributed by atoms with Gasteiger partial charge in [-0.3, -0.25) is 0 Å². The lowest BCUT2D eigenvalue weighted by atomic mass is 9.96. The summed E-state index contributed by atoms with van der Waals surface area (Å²) in [6.07, 6.45) is 4.04. The molecule has 0 spiro atoms. The van der Waals surface area contributed by atoms with Crippen LogP contribution < -0.4 is 4.74 Å². The number of nitrogens with zero attached hydrogens (tertiary/aromatic N) is 1. The number of benzene rings is 1. The van der Waals surface area contributed by atoms with E-state index < -0.39 is 11.7 Å². The molecule has 0 N–H and O–H groups in total. The second-order valence-electron chi connectivity index (χ2n) is 7.92. The largest absolute Gasteiger partial charge is 0.484 e. The topological polar surface area (TPSA) is 12.5 Å². The third kappa shape index (κ3) is 6.87. The molecular weight excluding hydrogens is 418 g/mol. The van der Waals surface area contributed by atoms with Crippen LogP contribution in [-0.2, 0) is 0 Å². The molecule has 174 valence electrons. The molecule has 1 aliphatic rings. The molecule has 1 atom stereocenters. The Bertz CT molecular complexity index is 930. The number of hydrogen-bond acceptors (Lipinski definition) is 2. The molecule has 1 aromatic rings. The first-order valence-electron chi connectivity index (χ1n) is 10.7. The van der Waals surface area contributed by atoms with Crippen molar-refractivity contribution in [3.05, 3.63) is 88.5 Å². The van der Waals surface area contributed by atoms with Crippen molar-refractivity contribution in [2.45, 2.75) is 52.8 Å². The quantitative estimate of drug-likeness (QED) is 0.315. The lowest BCUT2D eigenvalue weighted by Gasteiger charge is -2.21. The molecule has 0 radical (unpaired) electrons. The van der Waals surface area contributed by atoms with Crippen molar-refractivity contribution in [2.75, 3.05) is 13.6 Å². The number of rotatable bonds is 7. The zero-order valence-corrected chi connectivity index (χ0v) is 19.3. The van der Waals surface area contributed by atoms with Gasteiger partial charge in [0.15, 0.2) is 0 Å². The van der Waals surface area contributed by atoms with Gasteiger partial charge in [-0.25, -0.2) is 4.39 Å². The van der Waals surface area contributed by atoms with Gasteiger partial charge in [-0.1, -0.05) is 30.7 Å². The Labute approximate surface area is 188 Å². The van der Waals surface area contributed by atoms with Crippen molar-refractivity contribution < 1.29 is 22.3 Å². The molecule has 1 aliphatic heterocycles. The molecule has 1 fully saturated rings. The third-order valence-electron chi connectivity index (χ3n) is 5.14. The van der Waals surface area contributed by atoms with E-state index in [9.17, 15) is 17.6 Å². The van der Waals surface area contributed by atoms with E-state index in [1.165, 1.54) is 24.3 Å². The average Bonchev–Trinajstić information content (AvgIpc) is 3.05. The van der Waals surface area contributed by atoms with Crippen LogP contribution in [0.15, 0.2) is 82.6 Å². The van der Waals surface area contributed by atoms with Crippen LogP contribution >= 0.6 is 0 Å². The standard InChI is InChI=1S/C26H31F4NO/c1-6-8-19(16-20(9-7-2)26(28,29)30)23(18(3)4)17-24-25(14-15-31(24)5)32-22-12-10-21(27)11-13-22/h6,8-13,16-17,25H,7,14-15H2,1-5H3/b8-6-,19-16+,20-9-,24-17-. The summed E-state index contributed by atoms with van der Waals surface area (Å²) in [4.78, 5) is 2.04. The number of likely N-dealkylation sites (N-methyl/N-ethyl adjacent to an activating group) is 1. The lowest BCUT2D eigenvalue weighted by Crippen LogP contribution is -2.20. The van der Waals surface area contributed by atoms with Crippen molar-refractivity contribution in [2.24, 2.45) is 0 Å². The predicted octanol–water partition coefficient (Wildman–Crippen LogP) is 7.53. The van der Waals surface area contributed by atoms with Crippen molar-refractivity contribution in [3.63, 3.8) is 0 Å². The molecule has 0 bridgehead atoms. The Morgan fingerprint density at radius 1 is 1.19 bits per heavy atom. The van der Waals surface area contributed by atoms with Crippen molar-refractivity contribution in [1.29, 1.82) is 0 Å². The summed E-state index contributed by atoms with van der Waals surface area (Å²) in [5.74, 6) is 0.205. The molecule has 0 aliphatic carbocycles. The molecule has 32 heavy (non-hydrogen) atoms. The lowest BCUT2D eigenvalue weighted by molar-refractivity contribution is -0.0884. The highest BCUT2D eigenvalue weighted by Crippen LogP contribution is 2.33. The molecule has 2 rings (SSSR count). The minimum Gasteiger partial charge on any atom is -0.484 e. The Hall–Kier alpha value is -2.76. The van der Waals surface area contributed by atoms with Crippen LogP contribution in [0, 0.1) is 5.82 Å². The van der Waals surface area contributed by atoms with Gasteiger partial charge in [-0.05, 0) is 74.8 Å². The van der Waals surface area contributed by atoms with E-state index in [0.717, 1.165) is 24.2 Å². The van der Waals surface area contributed by atoms with Gasteiger partial charge in [0.25, 0.3) is 0 Å². The molecular formula is C26H31F4NO. The second kappa shape index (κ2) is 11.2. The Morgan fingerprint density at radius 2 is 1.84 bits per heavy atom. The molecule has 2 nitrogen and oxygen atoms in total. The Balaban J connectivity index is 2.50. The fourth-order valence-corrected chi connectivity index (χ4v) is 3.54. The molecule has 0 saturated carbocycles. The summed E-state index contributed by atoms with van der Waals surface area (Å²) >= 11 is 0. The maximum Gasteiger partial charge on any atom is 0.416 e. The number of ether oxygens (including phenoxy) is 1. The highest BCUT2D eigenvalue weighted by Gasteiger charge is 2.32. The van der Waals surface area contributed by atoms with E-state index in [4.69, 9.17) is 4.74 Å². The van der Waals surface area contributed by atoms with Crippen LogP contribution in [-0.4, -0.2) is 30.8 Å². The van der Waals surface area contributed by atoms with Crippen LogP contribution in [0.25, 0.3) is 0 Å². The molecule has 0 amide bonds. The van der Waals surface area contributed by atoms with Gasteiger partial charge in [0.2, 0.25) is 0 Å². The normalized spacial score (nSPS) is 19.2. The maximum atomic E-state index is 13.5. The zero-order valence-electron chi connectivity index (χ0n) is 19.3.